The first-order valence-corrected chi connectivity index (χ1v) is 10.5. The molecule has 1 saturated carbocycles. The van der Waals surface area contributed by atoms with Gasteiger partial charge >= 0.3 is 12.1 Å². The van der Waals surface area contributed by atoms with E-state index in [-0.39, 0.29) is 29.6 Å². The molecule has 0 bridgehead atoms. The standard InChI is InChI=1S/C24H26F3NO4/c1-15(29)28(16-7-3-4-8-16)14-20-17(18-9-5-6-10-22(18)32-2)11-12-21(24(25,26)27)19(20)13-23(30)31/h5-6,9-12,16H,3-4,7-8,13-14H2,1-2H3,(H,30,31). The van der Waals surface area contributed by atoms with Gasteiger partial charge in [0.05, 0.1) is 19.1 Å². The monoisotopic (exact) mass is 449 g/mol. The molecule has 0 unspecified atom stereocenters. The minimum absolute atomic E-state index is 0.0785. The van der Waals surface area contributed by atoms with E-state index in [2.05, 4.69) is 0 Å². The number of carboxylic acids is 1. The lowest BCUT2D eigenvalue weighted by Crippen LogP contribution is -2.37. The molecule has 1 N–H and O–H groups in total. The van der Waals surface area contributed by atoms with Crippen molar-refractivity contribution < 1.29 is 32.6 Å². The molecule has 8 heteroatoms. The number of halogens is 3. The Bertz CT molecular complexity index is 997. The maximum Gasteiger partial charge on any atom is 0.416 e. The van der Waals surface area contributed by atoms with Crippen LogP contribution in [-0.4, -0.2) is 35.0 Å². The lowest BCUT2D eigenvalue weighted by atomic mass is 9.89. The molecule has 3 rings (SSSR count). The number of hydrogen-bond acceptors (Lipinski definition) is 3. The zero-order valence-corrected chi connectivity index (χ0v) is 18.0. The van der Waals surface area contributed by atoms with E-state index in [0.29, 0.717) is 16.9 Å². The van der Waals surface area contributed by atoms with Crippen molar-refractivity contribution in [2.24, 2.45) is 0 Å². The van der Waals surface area contributed by atoms with Crippen LogP contribution in [0.2, 0.25) is 0 Å². The van der Waals surface area contributed by atoms with Crippen LogP contribution >= 0.6 is 0 Å². The molecule has 0 radical (unpaired) electrons. The van der Waals surface area contributed by atoms with Crippen molar-refractivity contribution >= 4 is 11.9 Å². The van der Waals surface area contributed by atoms with Gasteiger partial charge in [0.25, 0.3) is 0 Å². The van der Waals surface area contributed by atoms with Gasteiger partial charge in [-0.2, -0.15) is 13.2 Å². The summed E-state index contributed by atoms with van der Waals surface area (Å²) in [6.45, 7) is 1.30. The minimum Gasteiger partial charge on any atom is -0.496 e. The van der Waals surface area contributed by atoms with Crippen molar-refractivity contribution in [3.05, 3.63) is 53.1 Å². The fourth-order valence-electron chi connectivity index (χ4n) is 4.50. The summed E-state index contributed by atoms with van der Waals surface area (Å²) in [4.78, 5) is 25.6. The number of aliphatic carboxylic acids is 1. The number of carbonyl (C=O) groups excluding carboxylic acids is 1. The molecule has 0 atom stereocenters. The first-order chi connectivity index (χ1) is 15.1. The molecule has 0 spiro atoms. The number of ether oxygens (including phenoxy) is 1. The molecule has 0 heterocycles. The van der Waals surface area contributed by atoms with Crippen LogP contribution in [-0.2, 0) is 28.7 Å². The van der Waals surface area contributed by atoms with Crippen LogP contribution in [0, 0.1) is 0 Å². The average molecular weight is 449 g/mol. The van der Waals surface area contributed by atoms with Gasteiger partial charge < -0.3 is 14.7 Å². The van der Waals surface area contributed by atoms with Gasteiger partial charge in [-0.25, -0.2) is 0 Å². The van der Waals surface area contributed by atoms with E-state index in [4.69, 9.17) is 4.74 Å². The Labute approximate surface area is 184 Å². The minimum atomic E-state index is -4.73. The summed E-state index contributed by atoms with van der Waals surface area (Å²) in [7, 11) is 1.46. The second kappa shape index (κ2) is 9.63. The Kier molecular flexibility index (Phi) is 7.11. The van der Waals surface area contributed by atoms with Gasteiger partial charge in [-0.1, -0.05) is 37.1 Å². The van der Waals surface area contributed by atoms with Gasteiger partial charge in [-0.3, -0.25) is 9.59 Å². The lowest BCUT2D eigenvalue weighted by molar-refractivity contribution is -0.139. The van der Waals surface area contributed by atoms with Gasteiger partial charge in [0, 0.05) is 25.1 Å². The van der Waals surface area contributed by atoms with Crippen LogP contribution in [0.25, 0.3) is 11.1 Å². The van der Waals surface area contributed by atoms with E-state index < -0.39 is 24.1 Å². The zero-order chi connectivity index (χ0) is 23.5. The third-order valence-corrected chi connectivity index (χ3v) is 5.96. The van der Waals surface area contributed by atoms with E-state index in [1.807, 2.05) is 0 Å². The van der Waals surface area contributed by atoms with Crippen molar-refractivity contribution in [1.82, 2.24) is 4.90 Å². The topological polar surface area (TPSA) is 66.8 Å². The molecule has 1 aliphatic carbocycles. The molecule has 0 aliphatic heterocycles. The van der Waals surface area contributed by atoms with Gasteiger partial charge in [0.2, 0.25) is 5.91 Å². The quantitative estimate of drug-likeness (QED) is 0.623. The molecule has 5 nitrogen and oxygen atoms in total. The summed E-state index contributed by atoms with van der Waals surface area (Å²) in [5.74, 6) is -1.17. The molecule has 172 valence electrons. The van der Waals surface area contributed by atoms with Crippen molar-refractivity contribution in [2.75, 3.05) is 7.11 Å². The highest BCUT2D eigenvalue weighted by molar-refractivity contribution is 5.80. The third-order valence-electron chi connectivity index (χ3n) is 5.96. The molecular formula is C24H26F3NO4. The Hall–Kier alpha value is -3.03. The molecule has 2 aromatic rings. The van der Waals surface area contributed by atoms with Crippen LogP contribution in [0.3, 0.4) is 0 Å². The summed E-state index contributed by atoms with van der Waals surface area (Å²) < 4.78 is 47.0. The van der Waals surface area contributed by atoms with Crippen molar-refractivity contribution in [3.63, 3.8) is 0 Å². The Balaban J connectivity index is 2.27. The first-order valence-electron chi connectivity index (χ1n) is 10.5. The number of carboxylic acid groups (broad SMARTS) is 1. The lowest BCUT2D eigenvalue weighted by Gasteiger charge is -2.31. The number of methoxy groups -OCH3 is 1. The average Bonchev–Trinajstić information content (AvgIpc) is 3.25. The van der Waals surface area contributed by atoms with Crippen molar-refractivity contribution in [1.29, 1.82) is 0 Å². The number of nitrogens with zero attached hydrogens (tertiary/aromatic N) is 1. The number of rotatable bonds is 7. The summed E-state index contributed by atoms with van der Waals surface area (Å²) >= 11 is 0. The Morgan fingerprint density at radius 3 is 2.28 bits per heavy atom. The maximum absolute atomic E-state index is 13.9. The SMILES string of the molecule is COc1ccccc1-c1ccc(C(F)(F)F)c(CC(=O)O)c1CN(C(C)=O)C1CCCC1. The summed E-state index contributed by atoms with van der Waals surface area (Å²) in [5, 5.41) is 9.43. The Morgan fingerprint density at radius 1 is 1.06 bits per heavy atom. The predicted octanol–water partition coefficient (Wildman–Crippen LogP) is 5.30. The highest BCUT2D eigenvalue weighted by Crippen LogP contribution is 2.41. The van der Waals surface area contributed by atoms with E-state index >= 15 is 0 Å². The summed E-state index contributed by atoms with van der Waals surface area (Å²) in [6.07, 6.45) is -2.10. The fourth-order valence-corrected chi connectivity index (χ4v) is 4.50. The maximum atomic E-state index is 13.9. The van der Waals surface area contributed by atoms with Crippen molar-refractivity contribution in [3.8, 4) is 16.9 Å². The van der Waals surface area contributed by atoms with Gasteiger partial charge in [-0.15, -0.1) is 0 Å². The fraction of sp³-hybridized carbons (Fsp3) is 0.417. The van der Waals surface area contributed by atoms with E-state index in [1.54, 1.807) is 29.2 Å². The molecular weight excluding hydrogens is 423 g/mol. The summed E-state index contributed by atoms with van der Waals surface area (Å²) in [5.41, 5.74) is -0.161. The van der Waals surface area contributed by atoms with E-state index in [0.717, 1.165) is 31.7 Å². The molecule has 32 heavy (non-hydrogen) atoms. The number of para-hydroxylation sites is 1. The molecule has 0 saturated heterocycles. The largest absolute Gasteiger partial charge is 0.496 e. The van der Waals surface area contributed by atoms with Gasteiger partial charge in [0.1, 0.15) is 5.75 Å². The number of alkyl halides is 3. The molecule has 2 aromatic carbocycles. The predicted molar refractivity (Wildman–Crippen MR) is 113 cm³/mol. The van der Waals surface area contributed by atoms with Crippen LogP contribution in [0.4, 0.5) is 13.2 Å². The van der Waals surface area contributed by atoms with Crippen LogP contribution in [0.15, 0.2) is 36.4 Å². The van der Waals surface area contributed by atoms with Gasteiger partial charge in [0.15, 0.2) is 0 Å². The highest BCUT2D eigenvalue weighted by atomic mass is 19.4. The molecule has 1 amide bonds. The van der Waals surface area contributed by atoms with Gasteiger partial charge in [-0.05, 0) is 41.7 Å². The zero-order valence-electron chi connectivity index (χ0n) is 18.0. The number of benzene rings is 2. The first kappa shape index (κ1) is 23.6. The second-order valence-corrected chi connectivity index (χ2v) is 7.97. The van der Waals surface area contributed by atoms with Crippen LogP contribution < -0.4 is 4.74 Å². The number of amides is 1. The molecule has 1 fully saturated rings. The van der Waals surface area contributed by atoms with E-state index in [1.165, 1.54) is 20.1 Å². The molecule has 0 aromatic heterocycles. The third kappa shape index (κ3) is 5.06. The van der Waals surface area contributed by atoms with Crippen LogP contribution in [0.1, 0.15) is 49.3 Å². The van der Waals surface area contributed by atoms with Crippen molar-refractivity contribution in [2.45, 2.75) is 57.8 Å². The highest BCUT2D eigenvalue weighted by Gasteiger charge is 2.37. The number of hydrogen-bond donors (Lipinski definition) is 1. The second-order valence-electron chi connectivity index (χ2n) is 7.97. The van der Waals surface area contributed by atoms with E-state index in [9.17, 15) is 27.9 Å². The normalized spacial score (nSPS) is 14.4. The smallest absolute Gasteiger partial charge is 0.416 e. The van der Waals surface area contributed by atoms with Crippen LogP contribution in [0.5, 0.6) is 5.75 Å². The summed E-state index contributed by atoms with van der Waals surface area (Å²) in [6, 6.07) is 9.05. The Morgan fingerprint density at radius 2 is 1.72 bits per heavy atom. The number of carbonyl (C=O) groups is 2. The molecule has 1 aliphatic rings.